The van der Waals surface area contributed by atoms with Crippen LogP contribution in [-0.4, -0.2) is 51.2 Å². The number of amides is 2. The Bertz CT molecular complexity index is 1070. The summed E-state index contributed by atoms with van der Waals surface area (Å²) in [7, 11) is 0. The Balaban J connectivity index is 1.31. The maximum absolute atomic E-state index is 13.4. The molecular formula is C26H28N4O2. The summed E-state index contributed by atoms with van der Waals surface area (Å²) in [5.41, 5.74) is 3.89. The Morgan fingerprint density at radius 2 is 1.62 bits per heavy atom. The van der Waals surface area contributed by atoms with Crippen molar-refractivity contribution in [1.29, 1.82) is 0 Å². The molecule has 5 rings (SSSR count). The monoisotopic (exact) mass is 428 g/mol. The Morgan fingerprint density at radius 3 is 2.34 bits per heavy atom. The smallest absolute Gasteiger partial charge is 0.254 e. The lowest BCUT2D eigenvalue weighted by Crippen LogP contribution is -2.47. The van der Waals surface area contributed by atoms with E-state index in [1.807, 2.05) is 70.5 Å². The van der Waals surface area contributed by atoms with Crippen LogP contribution in [0.2, 0.25) is 0 Å². The fourth-order valence-corrected chi connectivity index (χ4v) is 5.10. The fraction of sp³-hybridized carbons (Fsp3) is 0.346. The number of aromatic nitrogens is 2. The first kappa shape index (κ1) is 20.5. The number of carbonyl (C=O) groups excluding carboxylic acids is 2. The molecule has 2 aliphatic heterocycles. The average Bonchev–Trinajstić information content (AvgIpc) is 3.33. The van der Waals surface area contributed by atoms with Gasteiger partial charge in [0.05, 0.1) is 24.5 Å². The molecule has 1 fully saturated rings. The van der Waals surface area contributed by atoms with E-state index < -0.39 is 0 Å². The van der Waals surface area contributed by atoms with E-state index in [1.165, 1.54) is 0 Å². The second-order valence-electron chi connectivity index (χ2n) is 8.71. The number of piperidine rings is 1. The molecule has 6 heteroatoms. The molecule has 2 aromatic carbocycles. The molecule has 0 aliphatic carbocycles. The average molecular weight is 429 g/mol. The molecule has 0 saturated carbocycles. The Labute approximate surface area is 188 Å². The molecule has 3 aromatic rings. The summed E-state index contributed by atoms with van der Waals surface area (Å²) >= 11 is 0. The molecule has 32 heavy (non-hydrogen) atoms. The second kappa shape index (κ2) is 8.99. The highest BCUT2D eigenvalue weighted by atomic mass is 16.2. The summed E-state index contributed by atoms with van der Waals surface area (Å²) in [5.74, 6) is 0.522. The van der Waals surface area contributed by atoms with E-state index in [2.05, 4.69) is 9.97 Å². The number of imidazole rings is 1. The highest BCUT2D eigenvalue weighted by molar-refractivity contribution is 5.94. The summed E-state index contributed by atoms with van der Waals surface area (Å²) in [5, 5.41) is 0. The van der Waals surface area contributed by atoms with Gasteiger partial charge in [0, 0.05) is 37.3 Å². The van der Waals surface area contributed by atoms with E-state index in [4.69, 9.17) is 0 Å². The van der Waals surface area contributed by atoms with Crippen molar-refractivity contribution in [3.05, 3.63) is 89.5 Å². The molecule has 2 aliphatic rings. The van der Waals surface area contributed by atoms with Crippen molar-refractivity contribution < 1.29 is 9.59 Å². The molecule has 0 bridgehead atoms. The zero-order valence-electron chi connectivity index (χ0n) is 18.1. The minimum Gasteiger partial charge on any atom is -0.348 e. The van der Waals surface area contributed by atoms with Crippen LogP contribution >= 0.6 is 0 Å². The lowest BCUT2D eigenvalue weighted by molar-refractivity contribution is -0.132. The Hall–Kier alpha value is -3.41. The number of nitrogens with zero attached hydrogens (tertiary/aromatic N) is 3. The largest absolute Gasteiger partial charge is 0.348 e. The third-order valence-electron chi connectivity index (χ3n) is 6.79. The summed E-state index contributed by atoms with van der Waals surface area (Å²) in [4.78, 5) is 38.1. The lowest BCUT2D eigenvalue weighted by Gasteiger charge is -2.43. The van der Waals surface area contributed by atoms with Gasteiger partial charge in [-0.1, -0.05) is 48.5 Å². The number of fused-ring (bicyclic) bond motifs is 1. The van der Waals surface area contributed by atoms with E-state index in [-0.39, 0.29) is 23.8 Å². The van der Waals surface area contributed by atoms with Crippen molar-refractivity contribution in [3.8, 4) is 0 Å². The standard InChI is InChI=1S/C26H28N4O2/c31-23(17-19-7-3-1-4-8-19)29-14-11-20(12-15-29)25-24-22(27-18-28-24)13-16-30(25)26(32)21-9-5-2-6-10-21/h1-10,18,20,25H,11-17H2,(H,27,28). The molecule has 0 spiro atoms. The van der Waals surface area contributed by atoms with Gasteiger partial charge in [-0.2, -0.15) is 0 Å². The summed E-state index contributed by atoms with van der Waals surface area (Å²) in [6.07, 6.45) is 4.72. The minimum atomic E-state index is -0.0518. The van der Waals surface area contributed by atoms with E-state index in [9.17, 15) is 9.59 Å². The zero-order valence-corrected chi connectivity index (χ0v) is 18.1. The number of nitrogens with one attached hydrogen (secondary N) is 1. The molecule has 1 N–H and O–H groups in total. The number of hydrogen-bond donors (Lipinski definition) is 1. The van der Waals surface area contributed by atoms with Gasteiger partial charge in [-0.3, -0.25) is 9.59 Å². The van der Waals surface area contributed by atoms with Crippen molar-refractivity contribution in [2.45, 2.75) is 31.7 Å². The third-order valence-corrected chi connectivity index (χ3v) is 6.79. The fourth-order valence-electron chi connectivity index (χ4n) is 5.10. The van der Waals surface area contributed by atoms with E-state index in [0.717, 1.165) is 49.3 Å². The molecule has 1 aromatic heterocycles. The van der Waals surface area contributed by atoms with E-state index in [1.54, 1.807) is 6.33 Å². The van der Waals surface area contributed by atoms with Gasteiger partial charge < -0.3 is 14.8 Å². The molecule has 3 heterocycles. The van der Waals surface area contributed by atoms with Crippen LogP contribution in [0.15, 0.2) is 67.0 Å². The van der Waals surface area contributed by atoms with Crippen LogP contribution in [-0.2, 0) is 17.6 Å². The number of benzene rings is 2. The first-order chi connectivity index (χ1) is 15.7. The van der Waals surface area contributed by atoms with Crippen LogP contribution in [0.4, 0.5) is 0 Å². The SMILES string of the molecule is O=C(Cc1ccccc1)N1CCC(C2c3nc[nH]c3CCN2C(=O)c2ccccc2)CC1. The van der Waals surface area contributed by atoms with Gasteiger partial charge in [-0.05, 0) is 36.5 Å². The maximum Gasteiger partial charge on any atom is 0.254 e. The predicted molar refractivity (Wildman–Crippen MR) is 122 cm³/mol. The van der Waals surface area contributed by atoms with Crippen LogP contribution in [0.1, 0.15) is 46.2 Å². The Kier molecular flexibility index (Phi) is 5.75. The predicted octanol–water partition coefficient (Wildman–Crippen LogP) is 3.63. The second-order valence-corrected chi connectivity index (χ2v) is 8.71. The van der Waals surface area contributed by atoms with Crippen molar-refractivity contribution >= 4 is 11.8 Å². The molecule has 1 unspecified atom stereocenters. The molecule has 2 amide bonds. The molecule has 6 nitrogen and oxygen atoms in total. The number of hydrogen-bond acceptors (Lipinski definition) is 3. The van der Waals surface area contributed by atoms with Crippen LogP contribution in [0, 0.1) is 5.92 Å². The minimum absolute atomic E-state index is 0.0518. The number of rotatable bonds is 4. The van der Waals surface area contributed by atoms with Gasteiger partial charge in [0.15, 0.2) is 0 Å². The van der Waals surface area contributed by atoms with Crippen LogP contribution in [0.25, 0.3) is 0 Å². The number of H-pyrrole nitrogens is 1. The quantitative estimate of drug-likeness (QED) is 0.690. The van der Waals surface area contributed by atoms with Gasteiger partial charge in [-0.25, -0.2) is 4.98 Å². The van der Waals surface area contributed by atoms with Gasteiger partial charge in [0.2, 0.25) is 5.91 Å². The normalized spacial score (nSPS) is 18.9. The number of likely N-dealkylation sites (tertiary alicyclic amines) is 1. The van der Waals surface area contributed by atoms with Gasteiger partial charge >= 0.3 is 0 Å². The van der Waals surface area contributed by atoms with Crippen molar-refractivity contribution in [3.63, 3.8) is 0 Å². The molecule has 1 atom stereocenters. The van der Waals surface area contributed by atoms with Crippen molar-refractivity contribution in [2.75, 3.05) is 19.6 Å². The lowest BCUT2D eigenvalue weighted by atomic mass is 9.83. The third kappa shape index (κ3) is 4.05. The van der Waals surface area contributed by atoms with Gasteiger partial charge in [0.25, 0.3) is 5.91 Å². The summed E-state index contributed by atoms with van der Waals surface area (Å²) in [6.45, 7) is 2.13. The summed E-state index contributed by atoms with van der Waals surface area (Å²) in [6, 6.07) is 19.4. The van der Waals surface area contributed by atoms with E-state index in [0.29, 0.717) is 18.5 Å². The Morgan fingerprint density at radius 1 is 0.938 bits per heavy atom. The van der Waals surface area contributed by atoms with Crippen LogP contribution in [0.3, 0.4) is 0 Å². The van der Waals surface area contributed by atoms with Crippen LogP contribution in [0.5, 0.6) is 0 Å². The molecule has 0 radical (unpaired) electrons. The topological polar surface area (TPSA) is 69.3 Å². The van der Waals surface area contributed by atoms with E-state index >= 15 is 0 Å². The highest BCUT2D eigenvalue weighted by Crippen LogP contribution is 2.39. The maximum atomic E-state index is 13.4. The first-order valence-corrected chi connectivity index (χ1v) is 11.4. The molecule has 164 valence electrons. The van der Waals surface area contributed by atoms with Gasteiger partial charge in [0.1, 0.15) is 0 Å². The summed E-state index contributed by atoms with van der Waals surface area (Å²) < 4.78 is 0. The first-order valence-electron chi connectivity index (χ1n) is 11.4. The molecule has 1 saturated heterocycles. The van der Waals surface area contributed by atoms with Crippen LogP contribution < -0.4 is 0 Å². The van der Waals surface area contributed by atoms with Gasteiger partial charge in [-0.15, -0.1) is 0 Å². The number of carbonyl (C=O) groups is 2. The van der Waals surface area contributed by atoms with Crippen molar-refractivity contribution in [1.82, 2.24) is 19.8 Å². The van der Waals surface area contributed by atoms with Crippen molar-refractivity contribution in [2.24, 2.45) is 5.92 Å². The number of aromatic amines is 1. The zero-order chi connectivity index (χ0) is 21.9. The molecular weight excluding hydrogens is 400 g/mol. The highest BCUT2D eigenvalue weighted by Gasteiger charge is 2.40.